The first-order valence-corrected chi connectivity index (χ1v) is 6.80. The molecule has 6 nitrogen and oxygen atoms in total. The van der Waals surface area contributed by atoms with Crippen molar-refractivity contribution in [3.05, 3.63) is 62.2 Å². The number of aryl methyl sites for hydroxylation is 1. The molecule has 0 heterocycles. The Morgan fingerprint density at radius 3 is 2.55 bits per heavy atom. The van der Waals surface area contributed by atoms with Crippen molar-refractivity contribution < 1.29 is 10.0 Å². The Morgan fingerprint density at radius 2 is 1.95 bits per heavy atom. The summed E-state index contributed by atoms with van der Waals surface area (Å²) in [5, 5.41) is 25.1. The zero-order valence-corrected chi connectivity index (χ0v) is 12.8. The molecular weight excluding hydrogens is 306 g/mol. The lowest BCUT2D eigenvalue weighted by Crippen LogP contribution is -1.95. The van der Waals surface area contributed by atoms with Crippen LogP contribution in [0.1, 0.15) is 16.7 Å². The van der Waals surface area contributed by atoms with Gasteiger partial charge in [-0.2, -0.15) is 5.10 Å². The fraction of sp³-hybridized carbons (Fsp3) is 0.133. The second-order valence-corrected chi connectivity index (χ2v) is 5.12. The van der Waals surface area contributed by atoms with Crippen LogP contribution >= 0.6 is 11.6 Å². The van der Waals surface area contributed by atoms with Gasteiger partial charge in [0.05, 0.1) is 16.8 Å². The fourth-order valence-corrected chi connectivity index (χ4v) is 2.10. The van der Waals surface area contributed by atoms with Gasteiger partial charge in [-0.15, -0.1) is 0 Å². The topological polar surface area (TPSA) is 87.8 Å². The third kappa shape index (κ3) is 3.35. The summed E-state index contributed by atoms with van der Waals surface area (Å²) in [6.07, 6.45) is 1.46. The SMILES string of the molecule is Cc1cc(O)c(/C=N/Nc2ccc([N+](=O)[O-])cc2)c(C)c1Cl. The third-order valence-electron chi connectivity index (χ3n) is 3.17. The van der Waals surface area contributed by atoms with Crippen LogP contribution < -0.4 is 5.43 Å². The molecule has 2 aromatic rings. The molecule has 7 heteroatoms. The summed E-state index contributed by atoms with van der Waals surface area (Å²) in [5.41, 5.74) is 5.38. The zero-order chi connectivity index (χ0) is 16.3. The number of hydrogen-bond acceptors (Lipinski definition) is 5. The Labute approximate surface area is 132 Å². The van der Waals surface area contributed by atoms with Gasteiger partial charge in [-0.3, -0.25) is 15.5 Å². The van der Waals surface area contributed by atoms with Gasteiger partial charge in [0, 0.05) is 22.7 Å². The van der Waals surface area contributed by atoms with E-state index >= 15 is 0 Å². The fourth-order valence-electron chi connectivity index (χ4n) is 1.94. The average Bonchev–Trinajstić information content (AvgIpc) is 2.49. The second kappa shape index (κ2) is 6.44. The van der Waals surface area contributed by atoms with Crippen molar-refractivity contribution in [1.82, 2.24) is 0 Å². The number of non-ortho nitro benzene ring substituents is 1. The van der Waals surface area contributed by atoms with Crippen LogP contribution in [0.5, 0.6) is 5.75 Å². The Hall–Kier alpha value is -2.60. The number of hydrogen-bond donors (Lipinski definition) is 2. The van der Waals surface area contributed by atoms with Gasteiger partial charge in [0.15, 0.2) is 0 Å². The summed E-state index contributed by atoms with van der Waals surface area (Å²) in [7, 11) is 0. The van der Waals surface area contributed by atoms with Crippen LogP contribution in [0.4, 0.5) is 11.4 Å². The van der Waals surface area contributed by atoms with Crippen molar-refractivity contribution >= 4 is 29.2 Å². The van der Waals surface area contributed by atoms with Gasteiger partial charge in [-0.05, 0) is 43.2 Å². The molecule has 0 saturated carbocycles. The Kier molecular flexibility index (Phi) is 4.62. The summed E-state index contributed by atoms with van der Waals surface area (Å²) in [6, 6.07) is 7.42. The van der Waals surface area contributed by atoms with E-state index in [1.807, 2.05) is 6.92 Å². The molecule has 22 heavy (non-hydrogen) atoms. The smallest absolute Gasteiger partial charge is 0.269 e. The predicted octanol–water partition coefficient (Wildman–Crippen LogP) is 4.02. The largest absolute Gasteiger partial charge is 0.507 e. The Balaban J connectivity index is 2.16. The van der Waals surface area contributed by atoms with Crippen LogP contribution in [0, 0.1) is 24.0 Å². The van der Waals surface area contributed by atoms with Crippen LogP contribution in [0.3, 0.4) is 0 Å². The number of rotatable bonds is 4. The van der Waals surface area contributed by atoms with E-state index in [4.69, 9.17) is 11.6 Å². The van der Waals surface area contributed by atoms with Gasteiger partial charge in [0.1, 0.15) is 5.75 Å². The number of benzene rings is 2. The third-order valence-corrected chi connectivity index (χ3v) is 3.76. The predicted molar refractivity (Wildman–Crippen MR) is 86.9 cm³/mol. The first kappa shape index (κ1) is 15.8. The molecule has 0 fully saturated rings. The number of nitrogens with one attached hydrogen (secondary N) is 1. The van der Waals surface area contributed by atoms with E-state index in [-0.39, 0.29) is 11.4 Å². The van der Waals surface area contributed by atoms with Crippen molar-refractivity contribution in [2.24, 2.45) is 5.10 Å². The number of nitrogens with zero attached hydrogens (tertiary/aromatic N) is 2. The molecule has 0 spiro atoms. The minimum Gasteiger partial charge on any atom is -0.507 e. The zero-order valence-electron chi connectivity index (χ0n) is 12.0. The maximum atomic E-state index is 10.6. The Bertz CT molecular complexity index is 743. The van der Waals surface area contributed by atoms with Crippen molar-refractivity contribution in [3.8, 4) is 5.75 Å². The standard InChI is InChI=1S/C15H14ClN3O3/c1-9-7-14(20)13(10(2)15(9)16)8-17-18-11-3-5-12(6-4-11)19(21)22/h3-8,18,20H,1-2H3/b17-8+. The number of phenolic OH excluding ortho intramolecular Hbond substituents is 1. The molecule has 0 aliphatic carbocycles. The summed E-state index contributed by atoms with van der Waals surface area (Å²) in [4.78, 5) is 10.1. The van der Waals surface area contributed by atoms with Crippen molar-refractivity contribution in [2.75, 3.05) is 5.43 Å². The van der Waals surface area contributed by atoms with Crippen LogP contribution in [0.2, 0.25) is 5.02 Å². The molecule has 2 N–H and O–H groups in total. The normalized spacial score (nSPS) is 10.9. The summed E-state index contributed by atoms with van der Waals surface area (Å²) >= 11 is 6.14. The summed E-state index contributed by atoms with van der Waals surface area (Å²) in [6.45, 7) is 3.60. The molecule has 0 aliphatic heterocycles. The first-order chi connectivity index (χ1) is 10.4. The van der Waals surface area contributed by atoms with Crippen molar-refractivity contribution in [1.29, 1.82) is 0 Å². The average molecular weight is 320 g/mol. The maximum absolute atomic E-state index is 10.6. The van der Waals surface area contributed by atoms with Crippen LogP contribution in [0.25, 0.3) is 0 Å². The van der Waals surface area contributed by atoms with E-state index in [2.05, 4.69) is 10.5 Å². The summed E-state index contributed by atoms with van der Waals surface area (Å²) < 4.78 is 0. The molecule has 0 unspecified atom stereocenters. The molecule has 0 saturated heterocycles. The quantitative estimate of drug-likeness (QED) is 0.506. The highest BCUT2D eigenvalue weighted by Gasteiger charge is 2.09. The van der Waals surface area contributed by atoms with Crippen LogP contribution in [-0.4, -0.2) is 16.2 Å². The van der Waals surface area contributed by atoms with Gasteiger partial charge >= 0.3 is 0 Å². The highest BCUT2D eigenvalue weighted by atomic mass is 35.5. The summed E-state index contributed by atoms with van der Waals surface area (Å²) in [5.74, 6) is 0.0913. The van der Waals surface area contributed by atoms with Crippen LogP contribution in [0.15, 0.2) is 35.4 Å². The number of phenols is 1. The second-order valence-electron chi connectivity index (χ2n) is 4.74. The highest BCUT2D eigenvalue weighted by Crippen LogP contribution is 2.29. The lowest BCUT2D eigenvalue weighted by atomic mass is 10.1. The van der Waals surface area contributed by atoms with Gasteiger partial charge in [0.25, 0.3) is 5.69 Å². The number of hydrazone groups is 1. The molecule has 0 aliphatic rings. The minimum absolute atomic E-state index is 0.00772. The molecule has 0 amide bonds. The number of halogens is 1. The van der Waals surface area contributed by atoms with Gasteiger partial charge in [-0.1, -0.05) is 11.6 Å². The molecule has 0 atom stereocenters. The van der Waals surface area contributed by atoms with E-state index < -0.39 is 4.92 Å². The van der Waals surface area contributed by atoms with Crippen molar-refractivity contribution in [3.63, 3.8) is 0 Å². The van der Waals surface area contributed by atoms with Gasteiger partial charge < -0.3 is 5.11 Å². The molecule has 0 aromatic heterocycles. The van der Waals surface area contributed by atoms with E-state index in [1.165, 1.54) is 18.3 Å². The molecule has 114 valence electrons. The molecule has 0 bridgehead atoms. The number of nitro benzene ring substituents is 1. The molecule has 0 radical (unpaired) electrons. The van der Waals surface area contributed by atoms with E-state index in [0.29, 0.717) is 16.3 Å². The monoisotopic (exact) mass is 319 g/mol. The first-order valence-electron chi connectivity index (χ1n) is 6.42. The van der Waals surface area contributed by atoms with Crippen LogP contribution in [-0.2, 0) is 0 Å². The highest BCUT2D eigenvalue weighted by molar-refractivity contribution is 6.32. The molecular formula is C15H14ClN3O3. The maximum Gasteiger partial charge on any atom is 0.269 e. The minimum atomic E-state index is -0.469. The van der Waals surface area contributed by atoms with Gasteiger partial charge in [0.2, 0.25) is 0 Å². The number of nitro groups is 1. The Morgan fingerprint density at radius 1 is 1.32 bits per heavy atom. The van der Waals surface area contributed by atoms with Crippen molar-refractivity contribution in [2.45, 2.75) is 13.8 Å². The lowest BCUT2D eigenvalue weighted by Gasteiger charge is -2.08. The molecule has 2 aromatic carbocycles. The van der Waals surface area contributed by atoms with E-state index in [1.54, 1.807) is 25.1 Å². The number of anilines is 1. The van der Waals surface area contributed by atoms with E-state index in [0.717, 1.165) is 11.1 Å². The molecule has 2 rings (SSSR count). The van der Waals surface area contributed by atoms with E-state index in [9.17, 15) is 15.2 Å². The number of aromatic hydroxyl groups is 1. The lowest BCUT2D eigenvalue weighted by molar-refractivity contribution is -0.384. The van der Waals surface area contributed by atoms with Gasteiger partial charge in [-0.25, -0.2) is 0 Å².